The average Bonchev–Trinajstić information content (AvgIpc) is 2.41. The number of hydrogen-bond acceptors (Lipinski definition) is 4. The van der Waals surface area contributed by atoms with E-state index in [0.29, 0.717) is 30.2 Å². The molecule has 19 heavy (non-hydrogen) atoms. The summed E-state index contributed by atoms with van der Waals surface area (Å²) in [5, 5.41) is 2.72. The topological polar surface area (TPSA) is 73.6 Å². The Labute approximate surface area is 113 Å². The van der Waals surface area contributed by atoms with Gasteiger partial charge in [0.1, 0.15) is 11.9 Å². The van der Waals surface area contributed by atoms with Crippen LogP contribution in [0.2, 0.25) is 0 Å². The summed E-state index contributed by atoms with van der Waals surface area (Å²) in [5.74, 6) is 0.383. The number of methoxy groups -OCH3 is 1. The molecule has 5 heteroatoms. The molecule has 0 saturated heterocycles. The number of benzene rings is 1. The van der Waals surface area contributed by atoms with E-state index in [1.165, 1.54) is 0 Å². The van der Waals surface area contributed by atoms with Crippen LogP contribution in [0.3, 0.4) is 0 Å². The highest BCUT2D eigenvalue weighted by molar-refractivity contribution is 5.96. The van der Waals surface area contributed by atoms with Gasteiger partial charge in [-0.3, -0.25) is 4.79 Å². The Balaban J connectivity index is 2.62. The Morgan fingerprint density at radius 1 is 1.58 bits per heavy atom. The van der Waals surface area contributed by atoms with Crippen molar-refractivity contribution in [2.75, 3.05) is 24.8 Å². The van der Waals surface area contributed by atoms with Gasteiger partial charge in [-0.2, -0.15) is 0 Å². The van der Waals surface area contributed by atoms with Crippen molar-refractivity contribution in [2.24, 2.45) is 0 Å². The minimum Gasteiger partial charge on any atom is -0.497 e. The maximum atomic E-state index is 11.9. The van der Waals surface area contributed by atoms with Crippen LogP contribution in [0.15, 0.2) is 30.9 Å². The third-order valence-electron chi connectivity index (χ3n) is 2.58. The van der Waals surface area contributed by atoms with Crippen LogP contribution in [0.1, 0.15) is 13.3 Å². The number of nitrogen functional groups attached to an aromatic ring is 1. The molecule has 0 fully saturated rings. The Kier molecular flexibility index (Phi) is 5.89. The van der Waals surface area contributed by atoms with E-state index >= 15 is 0 Å². The van der Waals surface area contributed by atoms with E-state index < -0.39 is 6.10 Å². The van der Waals surface area contributed by atoms with Crippen molar-refractivity contribution in [1.82, 2.24) is 0 Å². The fourth-order valence-corrected chi connectivity index (χ4v) is 1.41. The zero-order chi connectivity index (χ0) is 14.3. The number of amides is 1. The van der Waals surface area contributed by atoms with Gasteiger partial charge < -0.3 is 20.5 Å². The van der Waals surface area contributed by atoms with E-state index in [1.807, 2.05) is 0 Å². The molecule has 0 aliphatic heterocycles. The van der Waals surface area contributed by atoms with Crippen LogP contribution in [0, 0.1) is 0 Å². The molecule has 3 N–H and O–H groups in total. The van der Waals surface area contributed by atoms with Gasteiger partial charge in [0.25, 0.3) is 5.91 Å². The molecule has 0 aromatic heterocycles. The van der Waals surface area contributed by atoms with Crippen LogP contribution in [0.4, 0.5) is 11.4 Å². The lowest BCUT2D eigenvalue weighted by Gasteiger charge is -2.14. The van der Waals surface area contributed by atoms with E-state index in [9.17, 15) is 4.79 Å². The summed E-state index contributed by atoms with van der Waals surface area (Å²) in [6.07, 6.45) is 1.90. The van der Waals surface area contributed by atoms with Crippen molar-refractivity contribution in [3.8, 4) is 5.75 Å². The van der Waals surface area contributed by atoms with Crippen molar-refractivity contribution in [3.63, 3.8) is 0 Å². The van der Waals surface area contributed by atoms with Gasteiger partial charge in [-0.05, 0) is 25.5 Å². The highest BCUT2D eigenvalue weighted by Gasteiger charge is 2.14. The highest BCUT2D eigenvalue weighted by Crippen LogP contribution is 2.24. The number of nitrogens with one attached hydrogen (secondary N) is 1. The highest BCUT2D eigenvalue weighted by atomic mass is 16.5. The minimum atomic E-state index is -0.550. The Bertz CT molecular complexity index is 446. The monoisotopic (exact) mass is 264 g/mol. The zero-order valence-corrected chi connectivity index (χ0v) is 11.3. The predicted octanol–water partition coefficient (Wildman–Crippen LogP) is 2.20. The van der Waals surface area contributed by atoms with Gasteiger partial charge in [-0.25, -0.2) is 0 Å². The summed E-state index contributed by atoms with van der Waals surface area (Å²) in [6.45, 7) is 5.74. The van der Waals surface area contributed by atoms with Crippen LogP contribution in [0.5, 0.6) is 5.75 Å². The Morgan fingerprint density at radius 3 is 2.95 bits per heavy atom. The molecule has 5 nitrogen and oxygen atoms in total. The van der Waals surface area contributed by atoms with Gasteiger partial charge in [0.05, 0.1) is 25.1 Å². The first-order valence-corrected chi connectivity index (χ1v) is 6.05. The van der Waals surface area contributed by atoms with Gasteiger partial charge in [0.15, 0.2) is 0 Å². The summed E-state index contributed by atoms with van der Waals surface area (Å²) in [4.78, 5) is 11.9. The molecule has 1 aromatic carbocycles. The number of anilines is 2. The van der Waals surface area contributed by atoms with Crippen LogP contribution < -0.4 is 15.8 Å². The van der Waals surface area contributed by atoms with Gasteiger partial charge >= 0.3 is 0 Å². The standard InChI is InChI=1S/C14H20N2O3/c1-4-5-8-19-10(2)14(17)16-13-9-11(18-3)6-7-12(13)15/h4,6-7,9-10H,1,5,8,15H2,2-3H3,(H,16,17). The third kappa shape index (κ3) is 4.63. The van der Waals surface area contributed by atoms with Crippen LogP contribution in [-0.4, -0.2) is 25.7 Å². The quantitative estimate of drug-likeness (QED) is 0.450. The van der Waals surface area contributed by atoms with E-state index in [4.69, 9.17) is 15.2 Å². The predicted molar refractivity (Wildman–Crippen MR) is 76.3 cm³/mol. The zero-order valence-electron chi connectivity index (χ0n) is 11.3. The van der Waals surface area contributed by atoms with Crippen LogP contribution in [0.25, 0.3) is 0 Å². The minimum absolute atomic E-state index is 0.246. The summed E-state index contributed by atoms with van der Waals surface area (Å²) >= 11 is 0. The summed E-state index contributed by atoms with van der Waals surface area (Å²) < 4.78 is 10.4. The molecular weight excluding hydrogens is 244 g/mol. The molecule has 104 valence electrons. The summed E-state index contributed by atoms with van der Waals surface area (Å²) in [7, 11) is 1.55. The number of nitrogens with two attached hydrogens (primary N) is 1. The molecule has 1 unspecified atom stereocenters. The first-order chi connectivity index (χ1) is 9.08. The van der Waals surface area contributed by atoms with Crippen molar-refractivity contribution >= 4 is 17.3 Å². The van der Waals surface area contributed by atoms with Gasteiger partial charge in [0, 0.05) is 6.07 Å². The molecule has 0 heterocycles. The van der Waals surface area contributed by atoms with E-state index in [2.05, 4.69) is 11.9 Å². The largest absolute Gasteiger partial charge is 0.497 e. The lowest BCUT2D eigenvalue weighted by Crippen LogP contribution is -2.28. The third-order valence-corrected chi connectivity index (χ3v) is 2.58. The Hall–Kier alpha value is -2.01. The second-order valence-corrected chi connectivity index (χ2v) is 4.03. The normalized spacial score (nSPS) is 11.7. The molecule has 1 amide bonds. The molecule has 0 aliphatic carbocycles. The number of ether oxygens (including phenoxy) is 2. The molecular formula is C14H20N2O3. The molecule has 0 bridgehead atoms. The van der Waals surface area contributed by atoms with Crippen molar-refractivity contribution in [2.45, 2.75) is 19.4 Å². The van der Waals surface area contributed by atoms with E-state index in [1.54, 1.807) is 38.3 Å². The number of hydrogen-bond donors (Lipinski definition) is 2. The summed E-state index contributed by atoms with van der Waals surface area (Å²) in [5.41, 5.74) is 6.79. The van der Waals surface area contributed by atoms with Gasteiger partial charge in [0.2, 0.25) is 0 Å². The van der Waals surface area contributed by atoms with Crippen molar-refractivity contribution in [1.29, 1.82) is 0 Å². The first-order valence-electron chi connectivity index (χ1n) is 6.05. The van der Waals surface area contributed by atoms with E-state index in [-0.39, 0.29) is 5.91 Å². The van der Waals surface area contributed by atoms with Crippen LogP contribution >= 0.6 is 0 Å². The molecule has 0 saturated carbocycles. The second kappa shape index (κ2) is 7.43. The maximum Gasteiger partial charge on any atom is 0.253 e. The molecule has 0 spiro atoms. The SMILES string of the molecule is C=CCCOC(C)C(=O)Nc1cc(OC)ccc1N. The molecule has 0 radical (unpaired) electrons. The summed E-state index contributed by atoms with van der Waals surface area (Å²) in [6, 6.07) is 5.08. The average molecular weight is 264 g/mol. The Morgan fingerprint density at radius 2 is 2.32 bits per heavy atom. The van der Waals surface area contributed by atoms with Crippen molar-refractivity contribution < 1.29 is 14.3 Å². The maximum absolute atomic E-state index is 11.9. The number of rotatable bonds is 7. The first kappa shape index (κ1) is 15.0. The molecule has 0 aliphatic rings. The molecule has 1 rings (SSSR count). The number of carbonyl (C=O) groups is 1. The smallest absolute Gasteiger partial charge is 0.253 e. The van der Waals surface area contributed by atoms with Gasteiger partial charge in [-0.15, -0.1) is 6.58 Å². The second-order valence-electron chi connectivity index (χ2n) is 4.03. The van der Waals surface area contributed by atoms with Gasteiger partial charge in [-0.1, -0.05) is 6.08 Å². The lowest BCUT2D eigenvalue weighted by molar-refractivity contribution is -0.126. The fraction of sp³-hybridized carbons (Fsp3) is 0.357. The molecule has 1 aromatic rings. The van der Waals surface area contributed by atoms with Crippen LogP contribution in [-0.2, 0) is 9.53 Å². The molecule has 1 atom stereocenters. The fourth-order valence-electron chi connectivity index (χ4n) is 1.41. The van der Waals surface area contributed by atoms with Crippen molar-refractivity contribution in [3.05, 3.63) is 30.9 Å². The van der Waals surface area contributed by atoms with E-state index in [0.717, 1.165) is 0 Å². The number of carbonyl (C=O) groups excluding carboxylic acids is 1. The lowest BCUT2D eigenvalue weighted by atomic mass is 10.2.